The van der Waals surface area contributed by atoms with Gasteiger partial charge in [0.1, 0.15) is 6.61 Å². The van der Waals surface area contributed by atoms with E-state index in [1.807, 2.05) is 18.2 Å². The maximum atomic E-state index is 5.61. The van der Waals surface area contributed by atoms with Gasteiger partial charge in [0.25, 0.3) is 0 Å². The van der Waals surface area contributed by atoms with Crippen molar-refractivity contribution in [3.8, 4) is 0 Å². The number of rotatable bonds is 2. The first-order chi connectivity index (χ1) is 8.92. The summed E-state index contributed by atoms with van der Waals surface area (Å²) < 4.78 is 0. The lowest BCUT2D eigenvalue weighted by molar-refractivity contribution is -0.133. The van der Waals surface area contributed by atoms with Crippen LogP contribution in [0.3, 0.4) is 0 Å². The number of piperidine rings is 1. The van der Waals surface area contributed by atoms with E-state index in [2.05, 4.69) is 22.1 Å². The number of amidine groups is 1. The fourth-order valence-electron chi connectivity index (χ4n) is 2.45. The summed E-state index contributed by atoms with van der Waals surface area (Å²) in [7, 11) is 0. The number of hydrazone groups is 1. The van der Waals surface area contributed by atoms with Gasteiger partial charge in [0, 0.05) is 13.1 Å². The zero-order valence-electron chi connectivity index (χ0n) is 10.6. The first-order valence-corrected chi connectivity index (χ1v) is 6.68. The Hall–Kier alpha value is -1.55. The third-order valence-corrected chi connectivity index (χ3v) is 3.45. The van der Waals surface area contributed by atoms with Crippen molar-refractivity contribution in [1.29, 1.82) is 0 Å². The molecule has 2 aliphatic heterocycles. The minimum absolute atomic E-state index is 0.618. The van der Waals surface area contributed by atoms with Crippen LogP contribution in [-0.4, -0.2) is 35.6 Å². The highest BCUT2D eigenvalue weighted by Gasteiger charge is 2.22. The smallest absolute Gasteiger partial charge is 0.156 e. The lowest BCUT2D eigenvalue weighted by Crippen LogP contribution is -2.36. The highest BCUT2D eigenvalue weighted by atomic mass is 16.7. The number of benzene rings is 1. The van der Waals surface area contributed by atoms with Crippen LogP contribution in [0, 0.1) is 0 Å². The van der Waals surface area contributed by atoms with E-state index >= 15 is 0 Å². The van der Waals surface area contributed by atoms with E-state index in [9.17, 15) is 0 Å². The van der Waals surface area contributed by atoms with E-state index in [1.165, 1.54) is 24.8 Å². The third kappa shape index (κ3) is 2.64. The first-order valence-electron chi connectivity index (χ1n) is 6.68. The van der Waals surface area contributed by atoms with Gasteiger partial charge in [-0.15, -0.1) is 5.10 Å². The maximum absolute atomic E-state index is 5.61. The molecule has 2 aliphatic rings. The Balaban J connectivity index is 1.61. The van der Waals surface area contributed by atoms with Gasteiger partial charge in [-0.05, 0) is 24.8 Å². The van der Waals surface area contributed by atoms with Crippen molar-refractivity contribution in [3.63, 3.8) is 0 Å². The molecule has 1 fully saturated rings. The Labute approximate surface area is 108 Å². The van der Waals surface area contributed by atoms with Crippen LogP contribution in [0.5, 0.6) is 0 Å². The van der Waals surface area contributed by atoms with Crippen LogP contribution in [0.2, 0.25) is 0 Å². The molecular weight excluding hydrogens is 226 g/mol. The molecule has 0 bridgehead atoms. The molecule has 0 spiro atoms. The summed E-state index contributed by atoms with van der Waals surface area (Å²) in [5.74, 6) is 1.09. The monoisotopic (exact) mass is 245 g/mol. The van der Waals surface area contributed by atoms with Gasteiger partial charge in [-0.3, -0.25) is 0 Å². The van der Waals surface area contributed by atoms with Gasteiger partial charge >= 0.3 is 0 Å². The summed E-state index contributed by atoms with van der Waals surface area (Å²) in [6.45, 7) is 3.59. The number of nitrogens with zero attached hydrogens (tertiary/aromatic N) is 3. The molecule has 2 heterocycles. The minimum atomic E-state index is 0.618. The quantitative estimate of drug-likeness (QED) is 0.800. The lowest BCUT2D eigenvalue weighted by atomic mass is 10.1. The van der Waals surface area contributed by atoms with Crippen LogP contribution in [0.4, 0.5) is 0 Å². The molecule has 3 rings (SSSR count). The van der Waals surface area contributed by atoms with Crippen molar-refractivity contribution in [2.24, 2.45) is 5.10 Å². The summed E-state index contributed by atoms with van der Waals surface area (Å²) in [6, 6.07) is 10.3. The van der Waals surface area contributed by atoms with Crippen molar-refractivity contribution >= 4 is 5.84 Å². The molecule has 18 heavy (non-hydrogen) atoms. The Morgan fingerprint density at radius 3 is 2.61 bits per heavy atom. The van der Waals surface area contributed by atoms with E-state index in [0.29, 0.717) is 6.61 Å². The first kappa shape index (κ1) is 11.5. The molecule has 0 radical (unpaired) electrons. The molecule has 1 aromatic rings. The van der Waals surface area contributed by atoms with E-state index in [-0.39, 0.29) is 0 Å². The third-order valence-electron chi connectivity index (χ3n) is 3.45. The van der Waals surface area contributed by atoms with E-state index in [4.69, 9.17) is 4.84 Å². The lowest BCUT2D eigenvalue weighted by Gasteiger charge is -2.27. The second-order valence-electron chi connectivity index (χ2n) is 4.83. The molecule has 4 nitrogen and oxygen atoms in total. The van der Waals surface area contributed by atoms with Gasteiger partial charge in [-0.2, -0.15) is 5.17 Å². The van der Waals surface area contributed by atoms with Crippen LogP contribution < -0.4 is 0 Å². The van der Waals surface area contributed by atoms with Gasteiger partial charge in [0.05, 0.1) is 6.54 Å². The highest BCUT2D eigenvalue weighted by molar-refractivity contribution is 5.84. The minimum Gasteiger partial charge on any atom is -0.357 e. The summed E-state index contributed by atoms with van der Waals surface area (Å²) >= 11 is 0. The van der Waals surface area contributed by atoms with Crippen LogP contribution in [0.25, 0.3) is 0 Å². The van der Waals surface area contributed by atoms with Crippen LogP contribution in [0.1, 0.15) is 24.8 Å². The molecule has 0 saturated carbocycles. The van der Waals surface area contributed by atoms with E-state index < -0.39 is 0 Å². The molecule has 0 atom stereocenters. The second-order valence-corrected chi connectivity index (χ2v) is 4.83. The standard InChI is InChI=1S/C14H19N3O/c1-3-7-13(8-4-1)11-17-15-14(12-18-17)16-9-5-2-6-10-16/h1,3-4,7-8H,2,5-6,9-12H2. The molecular formula is C14H19N3O. The Morgan fingerprint density at radius 1 is 1.06 bits per heavy atom. The molecule has 0 aliphatic carbocycles. The Bertz CT molecular complexity index is 412. The van der Waals surface area contributed by atoms with Gasteiger partial charge in [-0.25, -0.2) is 4.84 Å². The second kappa shape index (κ2) is 5.40. The Kier molecular flexibility index (Phi) is 3.46. The summed E-state index contributed by atoms with van der Waals surface area (Å²) in [5.41, 5.74) is 1.22. The topological polar surface area (TPSA) is 28.1 Å². The Morgan fingerprint density at radius 2 is 1.83 bits per heavy atom. The molecule has 4 heteroatoms. The highest BCUT2D eigenvalue weighted by Crippen LogP contribution is 2.15. The van der Waals surface area contributed by atoms with Crippen molar-refractivity contribution < 1.29 is 4.84 Å². The molecule has 0 amide bonds. The molecule has 0 unspecified atom stereocenters. The van der Waals surface area contributed by atoms with Crippen molar-refractivity contribution in [3.05, 3.63) is 35.9 Å². The van der Waals surface area contributed by atoms with E-state index in [1.54, 1.807) is 5.17 Å². The maximum Gasteiger partial charge on any atom is 0.156 e. The van der Waals surface area contributed by atoms with Crippen molar-refractivity contribution in [2.45, 2.75) is 25.8 Å². The van der Waals surface area contributed by atoms with Gasteiger partial charge in [0.2, 0.25) is 0 Å². The predicted octanol–water partition coefficient (Wildman–Crippen LogP) is 2.23. The van der Waals surface area contributed by atoms with Crippen molar-refractivity contribution in [2.75, 3.05) is 19.7 Å². The largest absolute Gasteiger partial charge is 0.357 e. The van der Waals surface area contributed by atoms with Crippen molar-refractivity contribution in [1.82, 2.24) is 10.1 Å². The fourth-order valence-corrected chi connectivity index (χ4v) is 2.45. The summed E-state index contributed by atoms with van der Waals surface area (Å²) in [5, 5.41) is 6.27. The molecule has 1 aromatic carbocycles. The molecule has 1 saturated heterocycles. The van der Waals surface area contributed by atoms with Crippen LogP contribution >= 0.6 is 0 Å². The number of hydrogen-bond acceptors (Lipinski definition) is 4. The fraction of sp³-hybridized carbons (Fsp3) is 0.500. The zero-order chi connectivity index (χ0) is 12.2. The molecule has 0 aromatic heterocycles. The van der Waals surface area contributed by atoms with Gasteiger partial charge < -0.3 is 4.90 Å². The predicted molar refractivity (Wildman–Crippen MR) is 70.8 cm³/mol. The summed E-state index contributed by atoms with van der Waals surface area (Å²) in [6.07, 6.45) is 3.90. The number of hydroxylamine groups is 1. The SMILES string of the molecule is c1ccc(CN2N=C(N3CCCCC3)CO2)cc1. The average Bonchev–Trinajstić information content (AvgIpc) is 2.89. The van der Waals surface area contributed by atoms with Crippen LogP contribution in [-0.2, 0) is 11.4 Å². The van der Waals surface area contributed by atoms with Gasteiger partial charge in [0.15, 0.2) is 5.84 Å². The zero-order valence-corrected chi connectivity index (χ0v) is 10.6. The number of likely N-dealkylation sites (tertiary alicyclic amines) is 1. The molecule has 96 valence electrons. The number of hydrogen-bond donors (Lipinski definition) is 0. The van der Waals surface area contributed by atoms with Gasteiger partial charge in [-0.1, -0.05) is 30.3 Å². The molecule has 0 N–H and O–H groups in total. The van der Waals surface area contributed by atoms with Crippen LogP contribution in [0.15, 0.2) is 35.4 Å². The average molecular weight is 245 g/mol. The summed E-state index contributed by atoms with van der Waals surface area (Å²) in [4.78, 5) is 7.97. The normalized spacial score (nSPS) is 20.1. The van der Waals surface area contributed by atoms with E-state index in [0.717, 1.165) is 25.5 Å².